The van der Waals surface area contributed by atoms with E-state index >= 15 is 0 Å². The normalized spacial score (nSPS) is 12.9. The summed E-state index contributed by atoms with van der Waals surface area (Å²) in [5.74, 6) is -3.05. The van der Waals surface area contributed by atoms with Crippen molar-refractivity contribution >= 4 is 31.9 Å². The Labute approximate surface area is 158 Å². The molecule has 0 radical (unpaired) electrons. The highest BCUT2D eigenvalue weighted by molar-refractivity contribution is 7.91. The van der Waals surface area contributed by atoms with Crippen molar-refractivity contribution in [2.24, 2.45) is 7.05 Å². The summed E-state index contributed by atoms with van der Waals surface area (Å²) in [6.45, 7) is 2.31. The van der Waals surface area contributed by atoms with Crippen LogP contribution in [0.4, 0.5) is 8.78 Å². The number of alkyl halides is 2. The fraction of sp³-hybridized carbons (Fsp3) is 0.294. The molecule has 0 aliphatic rings. The van der Waals surface area contributed by atoms with Crippen molar-refractivity contribution in [3.63, 3.8) is 0 Å². The number of imidazole rings is 1. The lowest BCUT2D eigenvalue weighted by atomic mass is 10.2. The maximum atomic E-state index is 13.6. The quantitative estimate of drug-likeness (QED) is 0.517. The van der Waals surface area contributed by atoms with Gasteiger partial charge in [0.05, 0.1) is 11.9 Å². The molecular weight excluding hydrogens is 390 g/mol. The number of pyridine rings is 2. The van der Waals surface area contributed by atoms with Crippen LogP contribution in [0.1, 0.15) is 19.4 Å². The van der Waals surface area contributed by atoms with E-state index in [9.17, 15) is 17.2 Å². The van der Waals surface area contributed by atoms with E-state index in [-0.39, 0.29) is 27.8 Å². The molecule has 0 amide bonds. The van der Waals surface area contributed by atoms with Crippen LogP contribution in [-0.2, 0) is 22.8 Å². The van der Waals surface area contributed by atoms with Crippen LogP contribution < -0.4 is 0 Å². The van der Waals surface area contributed by atoms with Gasteiger partial charge < -0.3 is 0 Å². The molecule has 0 aromatic carbocycles. The Bertz CT molecular complexity index is 1320. The third kappa shape index (κ3) is 2.73. The van der Waals surface area contributed by atoms with Gasteiger partial charge in [0.1, 0.15) is 11.0 Å². The molecule has 4 aromatic rings. The van der Waals surface area contributed by atoms with Crippen LogP contribution in [0.25, 0.3) is 28.0 Å². The van der Waals surface area contributed by atoms with E-state index in [0.717, 1.165) is 13.1 Å². The Morgan fingerprint density at radius 3 is 2.64 bits per heavy atom. The zero-order valence-corrected chi connectivity index (χ0v) is 16.1. The van der Waals surface area contributed by atoms with Crippen molar-refractivity contribution in [3.8, 4) is 5.95 Å². The molecule has 0 saturated heterocycles. The minimum atomic E-state index is -3.67. The van der Waals surface area contributed by atoms with Gasteiger partial charge in [-0.05, 0) is 12.1 Å². The number of sulfone groups is 1. The number of rotatable bonds is 4. The molecule has 0 aliphatic heterocycles. The number of halogens is 2. The standard InChI is InChI=1S/C17H16F2N6O2S/c1-4-28(26,27)15-11-5-6-20-9-13(11)23-25(15)16-22-12-7-10(17(2,18)19)8-21-14(12)24(16)3/h5-9H,4H2,1-3H3. The van der Waals surface area contributed by atoms with E-state index in [4.69, 9.17) is 0 Å². The number of hydrogen-bond donors (Lipinski definition) is 0. The Morgan fingerprint density at radius 2 is 1.96 bits per heavy atom. The van der Waals surface area contributed by atoms with Gasteiger partial charge in [-0.25, -0.2) is 27.2 Å². The highest BCUT2D eigenvalue weighted by Crippen LogP contribution is 2.30. The van der Waals surface area contributed by atoms with Crippen molar-refractivity contribution in [2.45, 2.75) is 24.8 Å². The fourth-order valence-corrected chi connectivity index (χ4v) is 4.15. The molecule has 8 nitrogen and oxygen atoms in total. The molecule has 0 N–H and O–H groups in total. The first-order chi connectivity index (χ1) is 13.1. The molecule has 4 rings (SSSR count). The molecule has 0 fully saturated rings. The van der Waals surface area contributed by atoms with E-state index in [0.29, 0.717) is 16.6 Å². The smallest absolute Gasteiger partial charge is 0.272 e. The maximum absolute atomic E-state index is 13.6. The summed E-state index contributed by atoms with van der Waals surface area (Å²) >= 11 is 0. The summed E-state index contributed by atoms with van der Waals surface area (Å²) in [6.07, 6.45) is 4.02. The molecule has 0 bridgehead atoms. The minimum Gasteiger partial charge on any atom is -0.296 e. The van der Waals surface area contributed by atoms with Gasteiger partial charge in [0.2, 0.25) is 5.95 Å². The first-order valence-electron chi connectivity index (χ1n) is 8.40. The van der Waals surface area contributed by atoms with Crippen LogP contribution in [0, 0.1) is 0 Å². The summed E-state index contributed by atoms with van der Waals surface area (Å²) in [6, 6.07) is 2.81. The van der Waals surface area contributed by atoms with Crippen LogP contribution in [0.15, 0.2) is 35.7 Å². The number of aromatic nitrogens is 6. The van der Waals surface area contributed by atoms with Gasteiger partial charge in [0.25, 0.3) is 5.92 Å². The van der Waals surface area contributed by atoms with Gasteiger partial charge in [0.15, 0.2) is 20.5 Å². The highest BCUT2D eigenvalue weighted by atomic mass is 32.2. The maximum Gasteiger partial charge on any atom is 0.272 e. The van der Waals surface area contributed by atoms with E-state index in [2.05, 4.69) is 20.1 Å². The molecule has 11 heteroatoms. The molecule has 28 heavy (non-hydrogen) atoms. The lowest BCUT2D eigenvalue weighted by Gasteiger charge is -2.09. The summed E-state index contributed by atoms with van der Waals surface area (Å²) in [7, 11) is -2.05. The SMILES string of the molecule is CCS(=O)(=O)c1c2ccncc2nn1-c1nc2cc(C(C)(F)F)cnc2n1C. The first-order valence-corrected chi connectivity index (χ1v) is 10.1. The van der Waals surface area contributed by atoms with E-state index in [1.54, 1.807) is 13.1 Å². The van der Waals surface area contributed by atoms with Crippen LogP contribution in [-0.4, -0.2) is 43.5 Å². The molecule has 0 unspecified atom stereocenters. The van der Waals surface area contributed by atoms with Crippen molar-refractivity contribution in [3.05, 3.63) is 36.3 Å². The van der Waals surface area contributed by atoms with Crippen LogP contribution >= 0.6 is 0 Å². The Kier molecular flexibility index (Phi) is 3.96. The summed E-state index contributed by atoms with van der Waals surface area (Å²) < 4.78 is 55.5. The molecule has 4 heterocycles. The zero-order chi connectivity index (χ0) is 20.3. The van der Waals surface area contributed by atoms with Gasteiger partial charge in [-0.2, -0.15) is 9.78 Å². The second-order valence-electron chi connectivity index (χ2n) is 6.44. The number of fused-ring (bicyclic) bond motifs is 2. The van der Waals surface area contributed by atoms with E-state index in [1.165, 1.54) is 34.6 Å². The zero-order valence-electron chi connectivity index (χ0n) is 15.3. The Morgan fingerprint density at radius 1 is 1.21 bits per heavy atom. The average molecular weight is 406 g/mol. The summed E-state index contributed by atoms with van der Waals surface area (Å²) in [5.41, 5.74) is 0.658. The predicted octanol–water partition coefficient (Wildman–Crippen LogP) is 2.61. The van der Waals surface area contributed by atoms with Gasteiger partial charge in [-0.3, -0.25) is 9.55 Å². The number of hydrogen-bond acceptors (Lipinski definition) is 6. The molecule has 0 spiro atoms. The fourth-order valence-electron chi connectivity index (χ4n) is 2.98. The minimum absolute atomic E-state index is 0.0214. The second-order valence-corrected chi connectivity index (χ2v) is 8.63. The van der Waals surface area contributed by atoms with Crippen molar-refractivity contribution in [1.82, 2.24) is 29.3 Å². The van der Waals surface area contributed by atoms with Gasteiger partial charge in [-0.15, -0.1) is 0 Å². The summed E-state index contributed by atoms with van der Waals surface area (Å²) in [4.78, 5) is 12.4. The number of aryl methyl sites for hydroxylation is 1. The molecule has 0 aliphatic carbocycles. The van der Waals surface area contributed by atoms with Crippen LogP contribution in [0.5, 0.6) is 0 Å². The lowest BCUT2D eigenvalue weighted by Crippen LogP contribution is -2.14. The third-order valence-electron chi connectivity index (χ3n) is 4.49. The van der Waals surface area contributed by atoms with Gasteiger partial charge >= 0.3 is 0 Å². The molecule has 4 aromatic heterocycles. The van der Waals surface area contributed by atoms with Crippen LogP contribution in [0.2, 0.25) is 0 Å². The Balaban J connectivity index is 2.04. The van der Waals surface area contributed by atoms with Gasteiger partial charge in [0, 0.05) is 37.3 Å². The third-order valence-corrected chi connectivity index (χ3v) is 6.23. The molecule has 146 valence electrons. The van der Waals surface area contributed by atoms with Crippen molar-refractivity contribution in [2.75, 3.05) is 5.75 Å². The highest BCUT2D eigenvalue weighted by Gasteiger charge is 2.28. The molecule has 0 saturated carbocycles. The summed E-state index contributed by atoms with van der Waals surface area (Å²) in [5, 5.41) is 4.73. The largest absolute Gasteiger partial charge is 0.296 e. The Hall–Kier alpha value is -2.95. The van der Waals surface area contributed by atoms with E-state index < -0.39 is 15.8 Å². The first kappa shape index (κ1) is 18.4. The number of nitrogens with zero attached hydrogens (tertiary/aromatic N) is 6. The van der Waals surface area contributed by atoms with Crippen LogP contribution in [0.3, 0.4) is 0 Å². The van der Waals surface area contributed by atoms with Crippen molar-refractivity contribution < 1.29 is 17.2 Å². The van der Waals surface area contributed by atoms with Crippen molar-refractivity contribution in [1.29, 1.82) is 0 Å². The lowest BCUT2D eigenvalue weighted by molar-refractivity contribution is 0.0172. The monoisotopic (exact) mass is 406 g/mol. The van der Waals surface area contributed by atoms with Gasteiger partial charge in [-0.1, -0.05) is 6.92 Å². The predicted molar refractivity (Wildman–Crippen MR) is 98.2 cm³/mol. The topological polar surface area (TPSA) is 95.6 Å². The average Bonchev–Trinajstić information content (AvgIpc) is 3.19. The van der Waals surface area contributed by atoms with E-state index in [1.807, 2.05) is 0 Å². The molecule has 0 atom stereocenters. The molecular formula is C17H16F2N6O2S. The second kappa shape index (κ2) is 6.03.